The molecule has 0 atom stereocenters. The SMILES string of the molecule is C=CC=C(CCCCCCC)NC(=O)CCCCCCCCCCCCCCCCCCCC. The van der Waals surface area contributed by atoms with Gasteiger partial charge in [0.1, 0.15) is 0 Å². The fourth-order valence-corrected chi connectivity index (χ4v) is 4.68. The predicted molar refractivity (Wildman–Crippen MR) is 153 cm³/mol. The van der Waals surface area contributed by atoms with Gasteiger partial charge in [-0.25, -0.2) is 0 Å². The average molecular weight is 476 g/mol. The number of allylic oxidation sites excluding steroid dienone is 3. The van der Waals surface area contributed by atoms with Gasteiger partial charge < -0.3 is 5.32 Å². The summed E-state index contributed by atoms with van der Waals surface area (Å²) in [6, 6.07) is 0. The summed E-state index contributed by atoms with van der Waals surface area (Å²) in [6.45, 7) is 8.32. The number of amides is 1. The largest absolute Gasteiger partial charge is 0.330 e. The lowest BCUT2D eigenvalue weighted by molar-refractivity contribution is -0.120. The summed E-state index contributed by atoms with van der Waals surface area (Å²) < 4.78 is 0. The first-order chi connectivity index (χ1) is 16.7. The van der Waals surface area contributed by atoms with Crippen LogP contribution in [-0.2, 0) is 4.79 Å². The highest BCUT2D eigenvalue weighted by Gasteiger charge is 2.04. The van der Waals surface area contributed by atoms with Crippen LogP contribution in [0.2, 0.25) is 0 Å². The Morgan fingerprint density at radius 1 is 0.529 bits per heavy atom. The monoisotopic (exact) mass is 475 g/mol. The van der Waals surface area contributed by atoms with E-state index in [1.807, 2.05) is 6.08 Å². The molecule has 0 bridgehead atoms. The van der Waals surface area contributed by atoms with E-state index in [4.69, 9.17) is 0 Å². The molecule has 2 heteroatoms. The van der Waals surface area contributed by atoms with E-state index in [0.29, 0.717) is 6.42 Å². The van der Waals surface area contributed by atoms with Gasteiger partial charge in [0.25, 0.3) is 0 Å². The third-order valence-corrected chi connectivity index (χ3v) is 6.93. The molecular formula is C32H61NO. The normalized spacial score (nSPS) is 11.6. The van der Waals surface area contributed by atoms with Crippen LogP contribution in [0, 0.1) is 0 Å². The van der Waals surface area contributed by atoms with Gasteiger partial charge in [-0.3, -0.25) is 4.79 Å². The van der Waals surface area contributed by atoms with Crippen LogP contribution in [0.1, 0.15) is 174 Å². The first kappa shape index (κ1) is 33.0. The zero-order chi connectivity index (χ0) is 25.0. The lowest BCUT2D eigenvalue weighted by Gasteiger charge is -2.10. The molecule has 1 N–H and O–H groups in total. The van der Waals surface area contributed by atoms with E-state index in [2.05, 4.69) is 25.7 Å². The lowest BCUT2D eigenvalue weighted by Crippen LogP contribution is -2.22. The summed E-state index contributed by atoms with van der Waals surface area (Å²) in [7, 11) is 0. The number of carbonyl (C=O) groups is 1. The Bertz CT molecular complexity index is 468. The van der Waals surface area contributed by atoms with Crippen LogP contribution >= 0.6 is 0 Å². The second kappa shape index (κ2) is 28.2. The fourth-order valence-electron chi connectivity index (χ4n) is 4.68. The molecule has 200 valence electrons. The summed E-state index contributed by atoms with van der Waals surface area (Å²) in [4.78, 5) is 12.2. The van der Waals surface area contributed by atoms with Gasteiger partial charge in [-0.1, -0.05) is 161 Å². The van der Waals surface area contributed by atoms with E-state index >= 15 is 0 Å². The number of hydrogen-bond acceptors (Lipinski definition) is 1. The van der Waals surface area contributed by atoms with Gasteiger partial charge in [0.15, 0.2) is 0 Å². The van der Waals surface area contributed by atoms with Crippen LogP contribution in [0.3, 0.4) is 0 Å². The van der Waals surface area contributed by atoms with E-state index in [1.54, 1.807) is 6.08 Å². The minimum atomic E-state index is 0.179. The van der Waals surface area contributed by atoms with E-state index in [1.165, 1.54) is 135 Å². The van der Waals surface area contributed by atoms with Crippen LogP contribution in [0.15, 0.2) is 24.4 Å². The molecule has 0 aromatic rings. The molecule has 34 heavy (non-hydrogen) atoms. The molecule has 2 nitrogen and oxygen atoms in total. The molecule has 0 aliphatic heterocycles. The molecule has 0 radical (unpaired) electrons. The molecule has 0 fully saturated rings. The van der Waals surface area contributed by atoms with Crippen LogP contribution in [0.4, 0.5) is 0 Å². The van der Waals surface area contributed by atoms with Crippen molar-refractivity contribution in [3.05, 3.63) is 24.4 Å². The van der Waals surface area contributed by atoms with Crippen LogP contribution < -0.4 is 5.32 Å². The number of rotatable bonds is 27. The molecule has 0 spiro atoms. The van der Waals surface area contributed by atoms with Crippen molar-refractivity contribution in [1.29, 1.82) is 0 Å². The van der Waals surface area contributed by atoms with Gasteiger partial charge >= 0.3 is 0 Å². The van der Waals surface area contributed by atoms with Crippen molar-refractivity contribution in [3.63, 3.8) is 0 Å². The van der Waals surface area contributed by atoms with Crippen molar-refractivity contribution in [3.8, 4) is 0 Å². The minimum absolute atomic E-state index is 0.179. The summed E-state index contributed by atoms with van der Waals surface area (Å²) in [6.07, 6.45) is 36.4. The Balaban J connectivity index is 3.42. The van der Waals surface area contributed by atoms with Crippen molar-refractivity contribution < 1.29 is 4.79 Å². The zero-order valence-electron chi connectivity index (χ0n) is 23.4. The van der Waals surface area contributed by atoms with Gasteiger partial charge in [0.05, 0.1) is 0 Å². The van der Waals surface area contributed by atoms with Crippen molar-refractivity contribution in [2.24, 2.45) is 0 Å². The molecule has 1 amide bonds. The third-order valence-electron chi connectivity index (χ3n) is 6.93. The van der Waals surface area contributed by atoms with E-state index < -0.39 is 0 Å². The quantitative estimate of drug-likeness (QED) is 0.0928. The highest BCUT2D eigenvalue weighted by molar-refractivity contribution is 5.77. The Labute approximate surface area is 214 Å². The van der Waals surface area contributed by atoms with Gasteiger partial charge in [-0.2, -0.15) is 0 Å². The number of hydrogen-bond donors (Lipinski definition) is 1. The predicted octanol–water partition coefficient (Wildman–Crippen LogP) is 11.0. The van der Waals surface area contributed by atoms with Gasteiger partial charge in [0.2, 0.25) is 5.91 Å². The smallest absolute Gasteiger partial charge is 0.224 e. The zero-order valence-corrected chi connectivity index (χ0v) is 23.4. The van der Waals surface area contributed by atoms with E-state index in [-0.39, 0.29) is 5.91 Å². The molecule has 0 heterocycles. The van der Waals surface area contributed by atoms with Crippen molar-refractivity contribution in [1.82, 2.24) is 5.32 Å². The lowest BCUT2D eigenvalue weighted by atomic mass is 10.0. The maximum Gasteiger partial charge on any atom is 0.224 e. The number of unbranched alkanes of at least 4 members (excludes halogenated alkanes) is 21. The molecule has 0 aromatic heterocycles. The fraction of sp³-hybridized carbons (Fsp3) is 0.844. The second-order valence-corrected chi connectivity index (χ2v) is 10.4. The van der Waals surface area contributed by atoms with Crippen molar-refractivity contribution in [2.45, 2.75) is 174 Å². The van der Waals surface area contributed by atoms with Gasteiger partial charge in [0, 0.05) is 12.1 Å². The average Bonchev–Trinajstić information content (AvgIpc) is 2.83. The van der Waals surface area contributed by atoms with Crippen LogP contribution in [0.25, 0.3) is 0 Å². The molecule has 0 aromatic carbocycles. The second-order valence-electron chi connectivity index (χ2n) is 10.4. The molecule has 0 aliphatic carbocycles. The molecule has 0 rings (SSSR count). The first-order valence-electron chi connectivity index (χ1n) is 15.4. The standard InChI is InChI=1S/C32H61NO/c1-4-7-9-11-12-13-14-15-16-17-18-19-20-21-22-23-25-27-30-32(34)33-31(28-6-3)29-26-24-10-8-5-2/h6,28H,3-5,7-27,29-30H2,1-2H3,(H,33,34). The van der Waals surface area contributed by atoms with Gasteiger partial charge in [-0.05, 0) is 25.3 Å². The molecule has 0 saturated heterocycles. The van der Waals surface area contributed by atoms with Crippen LogP contribution in [-0.4, -0.2) is 5.91 Å². The minimum Gasteiger partial charge on any atom is -0.330 e. The highest BCUT2D eigenvalue weighted by atomic mass is 16.1. The molecule has 0 unspecified atom stereocenters. The molecular weight excluding hydrogens is 414 g/mol. The van der Waals surface area contributed by atoms with Gasteiger partial charge in [-0.15, -0.1) is 0 Å². The molecule has 0 aliphatic rings. The Hall–Kier alpha value is -1.05. The van der Waals surface area contributed by atoms with Crippen molar-refractivity contribution in [2.75, 3.05) is 0 Å². The maximum absolute atomic E-state index is 12.2. The third kappa shape index (κ3) is 25.6. The van der Waals surface area contributed by atoms with E-state index in [9.17, 15) is 4.79 Å². The molecule has 0 saturated carbocycles. The van der Waals surface area contributed by atoms with E-state index in [0.717, 1.165) is 25.0 Å². The number of carbonyl (C=O) groups excluding carboxylic acids is 1. The Morgan fingerprint density at radius 3 is 1.21 bits per heavy atom. The number of nitrogens with one attached hydrogen (secondary N) is 1. The Morgan fingerprint density at radius 2 is 0.853 bits per heavy atom. The Kier molecular flexibility index (Phi) is 27.3. The van der Waals surface area contributed by atoms with Crippen LogP contribution in [0.5, 0.6) is 0 Å². The first-order valence-corrected chi connectivity index (χ1v) is 15.4. The highest BCUT2D eigenvalue weighted by Crippen LogP contribution is 2.15. The van der Waals surface area contributed by atoms with Crippen molar-refractivity contribution >= 4 is 5.91 Å². The summed E-state index contributed by atoms with van der Waals surface area (Å²) >= 11 is 0. The topological polar surface area (TPSA) is 29.1 Å². The summed E-state index contributed by atoms with van der Waals surface area (Å²) in [5.74, 6) is 0.179. The maximum atomic E-state index is 12.2. The summed E-state index contributed by atoms with van der Waals surface area (Å²) in [5.41, 5.74) is 1.04. The summed E-state index contributed by atoms with van der Waals surface area (Å²) in [5, 5.41) is 3.12.